The van der Waals surface area contributed by atoms with Crippen molar-refractivity contribution in [2.75, 3.05) is 4.72 Å². The molecule has 0 spiro atoms. The Kier molecular flexibility index (Phi) is 4.97. The van der Waals surface area contributed by atoms with Gasteiger partial charge in [-0.2, -0.15) is 0 Å². The van der Waals surface area contributed by atoms with Crippen LogP contribution in [-0.2, 0) is 10.0 Å². The molecule has 24 heavy (non-hydrogen) atoms. The Morgan fingerprint density at radius 3 is 2.33 bits per heavy atom. The molecular weight excluding hydrogens is 394 g/mol. The SMILES string of the molecule is O=C(O)c1c(F)c(F)cc(NS(=O)(=O)c2cccc(Cl)c2Cl)c1F. The lowest BCUT2D eigenvalue weighted by atomic mass is 10.1. The molecule has 0 bridgehead atoms. The Morgan fingerprint density at radius 2 is 1.75 bits per heavy atom. The van der Waals surface area contributed by atoms with Crippen molar-refractivity contribution >= 4 is 44.9 Å². The largest absolute Gasteiger partial charge is 0.477 e. The van der Waals surface area contributed by atoms with E-state index in [2.05, 4.69) is 0 Å². The minimum absolute atomic E-state index is 0.114. The normalized spacial score (nSPS) is 11.4. The van der Waals surface area contributed by atoms with E-state index in [4.69, 9.17) is 28.3 Å². The highest BCUT2D eigenvalue weighted by Crippen LogP contribution is 2.31. The van der Waals surface area contributed by atoms with Crippen LogP contribution in [0.1, 0.15) is 10.4 Å². The molecule has 5 nitrogen and oxygen atoms in total. The zero-order valence-corrected chi connectivity index (χ0v) is 13.6. The van der Waals surface area contributed by atoms with Crippen LogP contribution >= 0.6 is 23.2 Å². The van der Waals surface area contributed by atoms with E-state index >= 15 is 0 Å². The third kappa shape index (κ3) is 3.28. The topological polar surface area (TPSA) is 83.5 Å². The third-order valence-electron chi connectivity index (χ3n) is 2.82. The lowest BCUT2D eigenvalue weighted by Gasteiger charge is -2.12. The van der Waals surface area contributed by atoms with Gasteiger partial charge < -0.3 is 5.11 Å². The number of aromatic carboxylic acids is 1. The van der Waals surface area contributed by atoms with Gasteiger partial charge in [-0.3, -0.25) is 4.72 Å². The molecule has 0 heterocycles. The van der Waals surface area contributed by atoms with Crippen LogP contribution in [0.3, 0.4) is 0 Å². The molecule has 0 aliphatic carbocycles. The van der Waals surface area contributed by atoms with Gasteiger partial charge in [-0.15, -0.1) is 0 Å². The first kappa shape index (κ1) is 18.4. The number of rotatable bonds is 4. The third-order valence-corrected chi connectivity index (χ3v) is 5.16. The van der Waals surface area contributed by atoms with Crippen molar-refractivity contribution in [1.29, 1.82) is 0 Å². The molecule has 0 aliphatic heterocycles. The second-order valence-electron chi connectivity index (χ2n) is 4.37. The van der Waals surface area contributed by atoms with Crippen LogP contribution < -0.4 is 4.72 Å². The maximum Gasteiger partial charge on any atom is 0.341 e. The number of carboxylic acids is 1. The first-order valence-corrected chi connectivity index (χ1v) is 8.17. The Balaban J connectivity index is 2.59. The fourth-order valence-electron chi connectivity index (χ4n) is 1.76. The molecule has 0 aromatic heterocycles. The summed E-state index contributed by atoms with van der Waals surface area (Å²) in [6, 6.07) is 3.75. The molecule has 0 saturated carbocycles. The number of hydrogen-bond acceptors (Lipinski definition) is 3. The minimum atomic E-state index is -4.55. The summed E-state index contributed by atoms with van der Waals surface area (Å²) in [4.78, 5) is 10.3. The fraction of sp³-hybridized carbons (Fsp3) is 0. The van der Waals surface area contributed by atoms with Crippen molar-refractivity contribution in [1.82, 2.24) is 0 Å². The van der Waals surface area contributed by atoms with Crippen LogP contribution in [0.25, 0.3) is 0 Å². The molecule has 128 valence electrons. The van der Waals surface area contributed by atoms with Gasteiger partial charge in [0.25, 0.3) is 10.0 Å². The van der Waals surface area contributed by atoms with Crippen molar-refractivity contribution in [3.05, 3.63) is 57.3 Å². The van der Waals surface area contributed by atoms with Crippen LogP contribution in [0.5, 0.6) is 0 Å². The summed E-state index contributed by atoms with van der Waals surface area (Å²) in [5, 5.41) is 8.23. The quantitative estimate of drug-likeness (QED) is 0.763. The molecule has 0 unspecified atom stereocenters. The average Bonchev–Trinajstić information content (AvgIpc) is 2.47. The van der Waals surface area contributed by atoms with Gasteiger partial charge in [0.15, 0.2) is 17.5 Å². The predicted molar refractivity (Wildman–Crippen MR) is 80.5 cm³/mol. The van der Waals surface area contributed by atoms with Crippen molar-refractivity contribution in [2.45, 2.75) is 4.90 Å². The smallest absolute Gasteiger partial charge is 0.341 e. The minimum Gasteiger partial charge on any atom is -0.477 e. The molecule has 2 aromatic rings. The summed E-state index contributed by atoms with van der Waals surface area (Å²) >= 11 is 11.4. The summed E-state index contributed by atoms with van der Waals surface area (Å²) in [6.45, 7) is 0. The average molecular weight is 400 g/mol. The van der Waals surface area contributed by atoms with E-state index in [9.17, 15) is 26.4 Å². The van der Waals surface area contributed by atoms with E-state index in [1.165, 1.54) is 12.1 Å². The van der Waals surface area contributed by atoms with Crippen molar-refractivity contribution < 1.29 is 31.5 Å². The second-order valence-corrected chi connectivity index (χ2v) is 6.81. The van der Waals surface area contributed by atoms with Crippen LogP contribution in [0.2, 0.25) is 10.0 Å². The molecule has 2 rings (SSSR count). The molecule has 11 heteroatoms. The highest BCUT2D eigenvalue weighted by molar-refractivity contribution is 7.92. The van der Waals surface area contributed by atoms with Gasteiger partial charge in [-0.1, -0.05) is 29.3 Å². The Labute approximate surface area is 143 Å². The molecular formula is C13H6Cl2F3NO4S. The van der Waals surface area contributed by atoms with Gasteiger partial charge in [-0.05, 0) is 12.1 Å². The fourth-order valence-corrected chi connectivity index (χ4v) is 3.57. The number of carbonyl (C=O) groups is 1. The van der Waals surface area contributed by atoms with Gasteiger partial charge in [0.1, 0.15) is 10.5 Å². The Bertz CT molecular complexity index is 951. The van der Waals surface area contributed by atoms with E-state index in [0.717, 1.165) is 6.07 Å². The summed E-state index contributed by atoms with van der Waals surface area (Å²) in [5.41, 5.74) is -2.73. The highest BCUT2D eigenvalue weighted by Gasteiger charge is 2.27. The zero-order valence-electron chi connectivity index (χ0n) is 11.3. The molecule has 0 fully saturated rings. The molecule has 0 aliphatic rings. The van der Waals surface area contributed by atoms with Gasteiger partial charge in [0.05, 0.1) is 15.7 Å². The zero-order chi connectivity index (χ0) is 18.2. The molecule has 0 amide bonds. The number of hydrogen-bond donors (Lipinski definition) is 2. The Hall–Kier alpha value is -1.97. The maximum absolute atomic E-state index is 14.0. The predicted octanol–water partition coefficient (Wildman–Crippen LogP) is 3.91. The first-order valence-electron chi connectivity index (χ1n) is 5.94. The van der Waals surface area contributed by atoms with E-state index in [-0.39, 0.29) is 16.1 Å². The number of sulfonamides is 1. The summed E-state index contributed by atoms with van der Waals surface area (Å²) in [6.07, 6.45) is 0. The summed E-state index contributed by atoms with van der Waals surface area (Å²) in [5.74, 6) is -7.60. The van der Waals surface area contributed by atoms with E-state index in [1.807, 2.05) is 0 Å². The van der Waals surface area contributed by atoms with Crippen molar-refractivity contribution in [3.8, 4) is 0 Å². The number of anilines is 1. The molecule has 0 atom stereocenters. The van der Waals surface area contributed by atoms with Crippen LogP contribution in [-0.4, -0.2) is 19.5 Å². The van der Waals surface area contributed by atoms with E-state index in [0.29, 0.717) is 0 Å². The lowest BCUT2D eigenvalue weighted by molar-refractivity contribution is 0.0685. The van der Waals surface area contributed by atoms with Gasteiger partial charge in [0, 0.05) is 6.07 Å². The molecule has 0 saturated heterocycles. The molecule has 2 aromatic carbocycles. The molecule has 2 N–H and O–H groups in total. The van der Waals surface area contributed by atoms with Crippen molar-refractivity contribution in [3.63, 3.8) is 0 Å². The summed E-state index contributed by atoms with van der Waals surface area (Å²) < 4.78 is 66.8. The number of carboxylic acid groups (broad SMARTS) is 1. The number of benzene rings is 2. The second kappa shape index (κ2) is 6.50. The van der Waals surface area contributed by atoms with Gasteiger partial charge in [-0.25, -0.2) is 26.4 Å². The standard InChI is InChI=1S/C13H6Cl2F3NO4S/c14-5-2-1-3-8(10(5)15)24(22,23)19-7-4-6(16)11(17)9(12(7)18)13(20)21/h1-4,19H,(H,20,21). The maximum atomic E-state index is 14.0. The van der Waals surface area contributed by atoms with E-state index in [1.54, 1.807) is 4.72 Å². The van der Waals surface area contributed by atoms with Gasteiger partial charge in [0.2, 0.25) is 0 Å². The van der Waals surface area contributed by atoms with Crippen LogP contribution in [0, 0.1) is 17.5 Å². The highest BCUT2D eigenvalue weighted by atomic mass is 35.5. The number of halogens is 5. The molecule has 0 radical (unpaired) electrons. The number of nitrogens with one attached hydrogen (secondary N) is 1. The van der Waals surface area contributed by atoms with Crippen LogP contribution in [0.15, 0.2) is 29.2 Å². The monoisotopic (exact) mass is 399 g/mol. The summed E-state index contributed by atoms with van der Waals surface area (Å²) in [7, 11) is -4.55. The Morgan fingerprint density at radius 1 is 1.12 bits per heavy atom. The first-order chi connectivity index (χ1) is 11.1. The van der Waals surface area contributed by atoms with E-state index < -0.39 is 49.6 Å². The van der Waals surface area contributed by atoms with Gasteiger partial charge >= 0.3 is 5.97 Å². The lowest BCUT2D eigenvalue weighted by Crippen LogP contribution is -2.17. The van der Waals surface area contributed by atoms with Crippen LogP contribution in [0.4, 0.5) is 18.9 Å². The van der Waals surface area contributed by atoms with Crippen molar-refractivity contribution in [2.24, 2.45) is 0 Å².